The molecule has 1 saturated heterocycles. The van der Waals surface area contributed by atoms with Gasteiger partial charge in [0.1, 0.15) is 24.1 Å². The molecule has 120 valence electrons. The number of aliphatic hydroxyl groups is 3. The maximum absolute atomic E-state index is 10.9. The maximum atomic E-state index is 10.9. The lowest BCUT2D eigenvalue weighted by atomic mass is 10.0. The minimum Gasteiger partial charge on any atom is -0.394 e. The van der Waals surface area contributed by atoms with Crippen LogP contribution in [-0.2, 0) is 10.5 Å². The van der Waals surface area contributed by atoms with Crippen LogP contribution in [0.5, 0.6) is 0 Å². The molecule has 0 unspecified atom stereocenters. The lowest BCUT2D eigenvalue weighted by Gasteiger charge is -2.38. The van der Waals surface area contributed by atoms with E-state index in [0.717, 1.165) is 11.8 Å². The first kappa shape index (κ1) is 15.4. The summed E-state index contributed by atoms with van der Waals surface area (Å²) in [5, 5.41) is 30.6. The molecule has 1 aliphatic rings. The summed E-state index contributed by atoms with van der Waals surface area (Å²) in [6, 6.07) is 0. The van der Waals surface area contributed by atoms with Crippen LogP contribution >= 0.6 is 11.8 Å². The molecule has 2 aromatic heterocycles. The van der Waals surface area contributed by atoms with Gasteiger partial charge in [-0.2, -0.15) is 0 Å². The van der Waals surface area contributed by atoms with Crippen molar-refractivity contribution in [2.24, 2.45) is 0 Å². The fraction of sp³-hybridized carbons (Fsp3) is 0.583. The van der Waals surface area contributed by atoms with Crippen molar-refractivity contribution in [3.05, 3.63) is 12.7 Å². The average molecular weight is 327 g/mol. The number of nitrogens with zero attached hydrogens (tertiary/aromatic N) is 4. The van der Waals surface area contributed by atoms with Gasteiger partial charge >= 0.3 is 0 Å². The molecule has 0 aromatic carbocycles. The van der Waals surface area contributed by atoms with Gasteiger partial charge in [0.25, 0.3) is 0 Å². The van der Waals surface area contributed by atoms with Crippen molar-refractivity contribution < 1.29 is 20.1 Å². The van der Waals surface area contributed by atoms with Gasteiger partial charge in [-0.1, -0.05) is 0 Å². The molecular formula is C12H17N5O4S. The first-order valence-electron chi connectivity index (χ1n) is 6.57. The summed E-state index contributed by atoms with van der Waals surface area (Å²) in [7, 11) is 0. The van der Waals surface area contributed by atoms with Crippen LogP contribution in [0.1, 0.15) is 6.92 Å². The normalized spacial score (nSPS) is 35.3. The molecule has 1 fully saturated rings. The zero-order valence-corrected chi connectivity index (χ0v) is 12.9. The molecule has 0 radical (unpaired) electrons. The predicted molar refractivity (Wildman–Crippen MR) is 79.8 cm³/mol. The van der Waals surface area contributed by atoms with Gasteiger partial charge in [0.05, 0.1) is 12.9 Å². The zero-order chi connectivity index (χ0) is 16.1. The second-order valence-corrected chi connectivity index (χ2v) is 6.24. The maximum Gasteiger partial charge on any atom is 0.187 e. The highest BCUT2D eigenvalue weighted by molar-refractivity contribution is 7.99. The molecule has 3 heterocycles. The number of thioether (sulfide) groups is 1. The van der Waals surface area contributed by atoms with Gasteiger partial charge in [0.2, 0.25) is 0 Å². The van der Waals surface area contributed by atoms with E-state index in [9.17, 15) is 15.3 Å². The van der Waals surface area contributed by atoms with Crippen LogP contribution in [0.2, 0.25) is 0 Å². The van der Waals surface area contributed by atoms with E-state index in [0.29, 0.717) is 11.2 Å². The fourth-order valence-corrected chi connectivity index (χ4v) is 3.73. The highest BCUT2D eigenvalue weighted by Crippen LogP contribution is 2.49. The number of imidazole rings is 1. The SMILES string of the molecule is CS[C@@]1(O)[C@H](O)[C@@H](CO)O[C@@]1(C)n1cnc2c(N)ncnc21. The van der Waals surface area contributed by atoms with Crippen LogP contribution in [0.3, 0.4) is 0 Å². The van der Waals surface area contributed by atoms with Crippen molar-refractivity contribution in [2.45, 2.75) is 29.8 Å². The average Bonchev–Trinajstić information content (AvgIpc) is 3.03. The Morgan fingerprint density at radius 2 is 2.18 bits per heavy atom. The topological polar surface area (TPSA) is 140 Å². The number of anilines is 1. The Hall–Kier alpha value is -1.46. The number of nitrogen functional groups attached to an aromatic ring is 1. The smallest absolute Gasteiger partial charge is 0.187 e. The van der Waals surface area contributed by atoms with Crippen molar-refractivity contribution in [2.75, 3.05) is 18.6 Å². The molecule has 5 N–H and O–H groups in total. The molecule has 1 aliphatic heterocycles. The lowest BCUT2D eigenvalue weighted by Crippen LogP contribution is -2.53. The van der Waals surface area contributed by atoms with Crippen LogP contribution in [0, 0.1) is 0 Å². The van der Waals surface area contributed by atoms with Crippen LogP contribution in [0.15, 0.2) is 12.7 Å². The fourth-order valence-electron chi connectivity index (χ4n) is 2.81. The van der Waals surface area contributed by atoms with Crippen molar-refractivity contribution in [3.8, 4) is 0 Å². The highest BCUT2D eigenvalue weighted by atomic mass is 32.2. The van der Waals surface area contributed by atoms with Gasteiger partial charge in [-0.15, -0.1) is 11.8 Å². The Balaban J connectivity index is 2.21. The summed E-state index contributed by atoms with van der Waals surface area (Å²) in [4.78, 5) is 10.4. The Morgan fingerprint density at radius 3 is 2.82 bits per heavy atom. The minimum atomic E-state index is -1.70. The molecule has 4 atom stereocenters. The molecule has 10 heteroatoms. The van der Waals surface area contributed by atoms with Gasteiger partial charge in [-0.05, 0) is 13.2 Å². The van der Waals surface area contributed by atoms with Gasteiger partial charge in [-0.3, -0.25) is 4.57 Å². The molecule has 0 bridgehead atoms. The number of rotatable bonds is 3. The monoisotopic (exact) mass is 327 g/mol. The zero-order valence-electron chi connectivity index (χ0n) is 12.0. The van der Waals surface area contributed by atoms with Gasteiger partial charge in [0.15, 0.2) is 22.1 Å². The second-order valence-electron chi connectivity index (χ2n) is 5.21. The molecule has 9 nitrogen and oxygen atoms in total. The minimum absolute atomic E-state index is 0.206. The summed E-state index contributed by atoms with van der Waals surface area (Å²) in [6.07, 6.45) is 2.14. The molecule has 22 heavy (non-hydrogen) atoms. The third-order valence-corrected chi connectivity index (χ3v) is 5.35. The number of hydrogen-bond acceptors (Lipinski definition) is 9. The Morgan fingerprint density at radius 1 is 1.45 bits per heavy atom. The molecule has 0 spiro atoms. The van der Waals surface area contributed by atoms with Crippen LogP contribution in [-0.4, -0.2) is 64.8 Å². The highest BCUT2D eigenvalue weighted by Gasteiger charge is 2.64. The van der Waals surface area contributed by atoms with Crippen molar-refractivity contribution in [3.63, 3.8) is 0 Å². The van der Waals surface area contributed by atoms with Gasteiger partial charge in [0, 0.05) is 0 Å². The van der Waals surface area contributed by atoms with E-state index in [1.165, 1.54) is 17.2 Å². The largest absolute Gasteiger partial charge is 0.394 e. The number of aromatic nitrogens is 4. The van der Waals surface area contributed by atoms with Crippen molar-refractivity contribution in [1.82, 2.24) is 19.5 Å². The number of ether oxygens (including phenoxy) is 1. The Kier molecular flexibility index (Phi) is 3.53. The molecule has 3 rings (SSSR count). The van der Waals surface area contributed by atoms with Crippen LogP contribution in [0.25, 0.3) is 11.2 Å². The van der Waals surface area contributed by atoms with Gasteiger partial charge in [-0.25, -0.2) is 15.0 Å². The number of aliphatic hydroxyl groups excluding tert-OH is 2. The van der Waals surface area contributed by atoms with E-state index < -0.39 is 29.5 Å². The standard InChI is InChI=1S/C12H17N5O4S/c1-11(12(20,22-2)8(19)6(3-18)21-11)17-5-16-7-9(13)14-4-15-10(7)17/h4-6,8,18-20H,3H2,1-2H3,(H2,13,14,15)/t6-,8-,11-,12+/m1/s1. The summed E-state index contributed by atoms with van der Waals surface area (Å²) >= 11 is 1.03. The summed E-state index contributed by atoms with van der Waals surface area (Å²) < 4.78 is 7.26. The van der Waals surface area contributed by atoms with E-state index in [1.54, 1.807) is 13.2 Å². The first-order valence-corrected chi connectivity index (χ1v) is 7.79. The molecular weight excluding hydrogens is 310 g/mol. The summed E-state index contributed by atoms with van der Waals surface area (Å²) in [5.41, 5.74) is 5.11. The number of fused-ring (bicyclic) bond motifs is 1. The van der Waals surface area contributed by atoms with Crippen LogP contribution < -0.4 is 5.73 Å². The summed E-state index contributed by atoms with van der Waals surface area (Å²) in [5.74, 6) is 0.206. The van der Waals surface area contributed by atoms with Crippen LogP contribution in [0.4, 0.5) is 5.82 Å². The molecule has 0 saturated carbocycles. The Bertz CT molecular complexity index is 712. The molecule has 0 aliphatic carbocycles. The van der Waals surface area contributed by atoms with E-state index in [2.05, 4.69) is 15.0 Å². The molecule has 0 amide bonds. The van der Waals surface area contributed by atoms with Crippen molar-refractivity contribution in [1.29, 1.82) is 0 Å². The lowest BCUT2D eigenvalue weighted by molar-refractivity contribution is -0.143. The quantitative estimate of drug-likeness (QED) is 0.516. The summed E-state index contributed by atoms with van der Waals surface area (Å²) in [6.45, 7) is 1.17. The Labute approximate surface area is 130 Å². The van der Waals surface area contributed by atoms with E-state index in [1.807, 2.05) is 0 Å². The number of hydrogen-bond donors (Lipinski definition) is 4. The van der Waals surface area contributed by atoms with Gasteiger partial charge < -0.3 is 25.8 Å². The predicted octanol–water partition coefficient (Wildman–Crippen LogP) is -1.12. The van der Waals surface area contributed by atoms with Crippen molar-refractivity contribution >= 4 is 28.7 Å². The third-order valence-electron chi connectivity index (χ3n) is 4.11. The van der Waals surface area contributed by atoms with E-state index >= 15 is 0 Å². The van der Waals surface area contributed by atoms with E-state index in [4.69, 9.17) is 10.5 Å². The first-order chi connectivity index (χ1) is 10.4. The molecule has 2 aromatic rings. The second kappa shape index (κ2) is 5.03. The van der Waals surface area contributed by atoms with E-state index in [-0.39, 0.29) is 5.82 Å². The number of nitrogens with two attached hydrogens (primary N) is 1. The third kappa shape index (κ3) is 1.78.